The molecule has 0 unspecified atom stereocenters. The quantitative estimate of drug-likeness (QED) is 0.834. The molecule has 120 valence electrons. The second kappa shape index (κ2) is 6.75. The molecule has 1 saturated heterocycles. The second-order valence-electron chi connectivity index (χ2n) is 5.75. The van der Waals surface area contributed by atoms with Gasteiger partial charge in [0, 0.05) is 25.8 Å². The first-order chi connectivity index (χ1) is 11.1. The molecule has 1 aliphatic rings. The highest BCUT2D eigenvalue weighted by Gasteiger charge is 2.17. The fraction of sp³-hybridized carbons (Fsp3) is 0.353. The van der Waals surface area contributed by atoms with Gasteiger partial charge >= 0.3 is 0 Å². The van der Waals surface area contributed by atoms with Crippen molar-refractivity contribution in [2.24, 2.45) is 0 Å². The number of hydrogen-bond donors (Lipinski definition) is 2. The van der Waals surface area contributed by atoms with E-state index < -0.39 is 0 Å². The summed E-state index contributed by atoms with van der Waals surface area (Å²) in [7, 11) is 0. The van der Waals surface area contributed by atoms with Gasteiger partial charge < -0.3 is 16.0 Å². The van der Waals surface area contributed by atoms with Crippen molar-refractivity contribution in [3.63, 3.8) is 0 Å². The number of aromatic nitrogens is 2. The number of nitrogens with zero attached hydrogens (tertiary/aromatic N) is 3. The van der Waals surface area contributed by atoms with Crippen LogP contribution >= 0.6 is 0 Å². The Morgan fingerprint density at radius 3 is 3.04 bits per heavy atom. The van der Waals surface area contributed by atoms with Gasteiger partial charge in [-0.15, -0.1) is 0 Å². The topological polar surface area (TPSA) is 84.1 Å². The van der Waals surface area contributed by atoms with Crippen LogP contribution < -0.4 is 16.0 Å². The van der Waals surface area contributed by atoms with Crippen LogP contribution in [0.2, 0.25) is 0 Å². The molecule has 0 bridgehead atoms. The highest BCUT2D eigenvalue weighted by atomic mass is 16.1. The van der Waals surface area contributed by atoms with E-state index in [0.717, 1.165) is 44.0 Å². The smallest absolute Gasteiger partial charge is 0.215 e. The lowest BCUT2D eigenvalue weighted by atomic mass is 10.1. The van der Waals surface area contributed by atoms with Gasteiger partial charge in [0.15, 0.2) is 0 Å². The largest absolute Gasteiger partial charge is 0.383 e. The van der Waals surface area contributed by atoms with Crippen molar-refractivity contribution in [2.45, 2.75) is 13.3 Å². The minimum absolute atomic E-state index is 0.187. The Bertz CT molecular complexity index is 708. The normalized spacial score (nSPS) is 15.3. The Labute approximate surface area is 135 Å². The zero-order chi connectivity index (χ0) is 16.2. The maximum atomic E-state index is 12.7. The third kappa shape index (κ3) is 3.48. The van der Waals surface area contributed by atoms with Gasteiger partial charge in [-0.1, -0.05) is 6.07 Å². The maximum absolute atomic E-state index is 12.7. The first-order valence-corrected chi connectivity index (χ1v) is 7.85. The molecule has 3 heterocycles. The number of nitrogens with one attached hydrogen (secondary N) is 1. The van der Waals surface area contributed by atoms with Crippen LogP contribution in [0.25, 0.3) is 0 Å². The van der Waals surface area contributed by atoms with Crippen molar-refractivity contribution in [3.05, 3.63) is 47.3 Å². The zero-order valence-corrected chi connectivity index (χ0v) is 13.2. The maximum Gasteiger partial charge on any atom is 0.215 e. The minimum Gasteiger partial charge on any atom is -0.383 e. The van der Waals surface area contributed by atoms with Crippen LogP contribution in [0.1, 0.15) is 28.0 Å². The molecule has 0 aromatic carbocycles. The van der Waals surface area contributed by atoms with E-state index >= 15 is 0 Å². The van der Waals surface area contributed by atoms with Gasteiger partial charge in [-0.2, -0.15) is 0 Å². The zero-order valence-electron chi connectivity index (χ0n) is 13.2. The molecular formula is C17H21N5O. The molecule has 1 aliphatic heterocycles. The van der Waals surface area contributed by atoms with E-state index in [1.807, 2.05) is 19.1 Å². The number of nitrogen functional groups attached to an aromatic ring is 1. The number of rotatable bonds is 3. The van der Waals surface area contributed by atoms with Gasteiger partial charge in [-0.05, 0) is 43.7 Å². The summed E-state index contributed by atoms with van der Waals surface area (Å²) in [6.07, 6.45) is 2.72. The Kier molecular flexibility index (Phi) is 4.52. The number of aryl methyl sites for hydroxylation is 1. The third-order valence-electron chi connectivity index (χ3n) is 3.93. The Balaban J connectivity index is 1.89. The fourth-order valence-electron chi connectivity index (χ4n) is 2.70. The summed E-state index contributed by atoms with van der Waals surface area (Å²) >= 11 is 0. The molecule has 3 N–H and O–H groups in total. The van der Waals surface area contributed by atoms with E-state index in [0.29, 0.717) is 11.3 Å². The third-order valence-corrected chi connectivity index (χ3v) is 3.93. The summed E-state index contributed by atoms with van der Waals surface area (Å²) in [6.45, 7) is 5.65. The second-order valence-corrected chi connectivity index (χ2v) is 5.75. The van der Waals surface area contributed by atoms with Crippen molar-refractivity contribution in [1.29, 1.82) is 0 Å². The van der Waals surface area contributed by atoms with Gasteiger partial charge in [-0.3, -0.25) is 4.79 Å². The van der Waals surface area contributed by atoms with E-state index in [4.69, 9.17) is 5.73 Å². The van der Waals surface area contributed by atoms with Crippen molar-refractivity contribution in [2.75, 3.05) is 36.8 Å². The van der Waals surface area contributed by atoms with Crippen molar-refractivity contribution >= 4 is 17.4 Å². The summed E-state index contributed by atoms with van der Waals surface area (Å²) in [6, 6.07) is 7.30. The molecule has 0 aliphatic carbocycles. The average molecular weight is 311 g/mol. The molecule has 0 amide bonds. The van der Waals surface area contributed by atoms with Crippen LogP contribution in [0.15, 0.2) is 30.5 Å². The number of ketones is 1. The van der Waals surface area contributed by atoms with Crippen LogP contribution in [0.3, 0.4) is 0 Å². The molecule has 23 heavy (non-hydrogen) atoms. The standard InChI is InChI=1S/C17H21N5O/c1-12-10-13(17(18)20-11-12)16(23)14-4-2-5-15(21-14)22-8-3-6-19-7-9-22/h2,4-5,10-11,19H,3,6-9H2,1H3,(H2,18,20). The first-order valence-electron chi connectivity index (χ1n) is 7.85. The predicted octanol–water partition coefficient (Wildman–Crippen LogP) is 1.40. The van der Waals surface area contributed by atoms with E-state index in [-0.39, 0.29) is 11.6 Å². The number of nitrogens with two attached hydrogens (primary N) is 1. The average Bonchev–Trinajstić information content (AvgIpc) is 2.86. The van der Waals surface area contributed by atoms with Gasteiger partial charge in [0.1, 0.15) is 17.3 Å². The molecule has 2 aromatic heterocycles. The van der Waals surface area contributed by atoms with Crippen LogP contribution in [-0.2, 0) is 0 Å². The summed E-state index contributed by atoms with van der Waals surface area (Å²) in [4.78, 5) is 23.5. The molecule has 1 fully saturated rings. The SMILES string of the molecule is Cc1cnc(N)c(C(=O)c2cccc(N3CCCNCC3)n2)c1. The predicted molar refractivity (Wildman–Crippen MR) is 90.8 cm³/mol. The lowest BCUT2D eigenvalue weighted by Crippen LogP contribution is -2.29. The number of hydrogen-bond acceptors (Lipinski definition) is 6. The van der Waals surface area contributed by atoms with Crippen LogP contribution in [0.4, 0.5) is 11.6 Å². The molecule has 2 aromatic rings. The summed E-state index contributed by atoms with van der Waals surface area (Å²) in [5.41, 5.74) is 7.56. The molecule has 3 rings (SSSR count). The van der Waals surface area contributed by atoms with Crippen molar-refractivity contribution < 1.29 is 4.79 Å². The molecule has 6 nitrogen and oxygen atoms in total. The molecule has 6 heteroatoms. The van der Waals surface area contributed by atoms with Crippen LogP contribution in [0.5, 0.6) is 0 Å². The van der Waals surface area contributed by atoms with Gasteiger partial charge in [-0.25, -0.2) is 9.97 Å². The lowest BCUT2D eigenvalue weighted by molar-refractivity contribution is 0.103. The van der Waals surface area contributed by atoms with E-state index in [1.54, 1.807) is 18.3 Å². The van der Waals surface area contributed by atoms with Crippen molar-refractivity contribution in [3.8, 4) is 0 Å². The Morgan fingerprint density at radius 1 is 1.30 bits per heavy atom. The van der Waals surface area contributed by atoms with Gasteiger partial charge in [0.2, 0.25) is 5.78 Å². The first kappa shape index (κ1) is 15.4. The number of pyridine rings is 2. The molecular weight excluding hydrogens is 290 g/mol. The van der Waals surface area contributed by atoms with Gasteiger partial charge in [0.05, 0.1) is 5.56 Å². The van der Waals surface area contributed by atoms with E-state index in [2.05, 4.69) is 20.2 Å². The monoisotopic (exact) mass is 311 g/mol. The number of anilines is 2. The fourth-order valence-corrected chi connectivity index (χ4v) is 2.70. The van der Waals surface area contributed by atoms with E-state index in [9.17, 15) is 4.79 Å². The molecule has 0 radical (unpaired) electrons. The summed E-state index contributed by atoms with van der Waals surface area (Å²) in [5, 5.41) is 3.36. The number of carbonyl (C=O) groups excluding carboxylic acids is 1. The Hall–Kier alpha value is -2.47. The van der Waals surface area contributed by atoms with Crippen LogP contribution in [-0.4, -0.2) is 41.9 Å². The highest BCUT2D eigenvalue weighted by Crippen LogP contribution is 2.18. The Morgan fingerprint density at radius 2 is 2.17 bits per heavy atom. The van der Waals surface area contributed by atoms with Crippen molar-refractivity contribution in [1.82, 2.24) is 15.3 Å². The highest BCUT2D eigenvalue weighted by molar-refractivity contribution is 6.10. The molecule has 0 atom stereocenters. The van der Waals surface area contributed by atoms with Crippen LogP contribution in [0, 0.1) is 6.92 Å². The van der Waals surface area contributed by atoms with E-state index in [1.165, 1.54) is 0 Å². The van der Waals surface area contributed by atoms with Gasteiger partial charge in [0.25, 0.3) is 0 Å². The lowest BCUT2D eigenvalue weighted by Gasteiger charge is -2.21. The molecule has 0 spiro atoms. The minimum atomic E-state index is -0.187. The number of carbonyl (C=O) groups is 1. The summed E-state index contributed by atoms with van der Waals surface area (Å²) < 4.78 is 0. The molecule has 0 saturated carbocycles. The summed E-state index contributed by atoms with van der Waals surface area (Å²) in [5.74, 6) is 0.888.